The highest BCUT2D eigenvalue weighted by Gasteiger charge is 2.28. The van der Waals surface area contributed by atoms with E-state index in [-0.39, 0.29) is 34.9 Å². The molecule has 0 bridgehead atoms. The van der Waals surface area contributed by atoms with Gasteiger partial charge in [-0.25, -0.2) is 0 Å². The Hall–Kier alpha value is -2.15. The van der Waals surface area contributed by atoms with Crippen LogP contribution in [0.25, 0.3) is 0 Å². The predicted octanol–water partition coefficient (Wildman–Crippen LogP) is 0.696. The number of rotatable bonds is 4. The van der Waals surface area contributed by atoms with Crippen molar-refractivity contribution in [2.75, 3.05) is 13.1 Å². The number of amides is 2. The van der Waals surface area contributed by atoms with Crippen LogP contribution < -0.4 is 16.6 Å². The van der Waals surface area contributed by atoms with Crippen molar-refractivity contribution in [1.82, 2.24) is 15.2 Å². The molecule has 4 N–H and O–H groups in total. The van der Waals surface area contributed by atoms with E-state index in [1.165, 1.54) is 0 Å². The Kier molecular flexibility index (Phi) is 6.00. The van der Waals surface area contributed by atoms with E-state index < -0.39 is 6.04 Å². The summed E-state index contributed by atoms with van der Waals surface area (Å²) in [6.07, 6.45) is 1.62. The first-order valence-corrected chi connectivity index (χ1v) is 8.76. The summed E-state index contributed by atoms with van der Waals surface area (Å²) in [5.74, 6) is -0.108. The zero-order valence-corrected chi connectivity index (χ0v) is 15.4. The Morgan fingerprint density at radius 1 is 1.28 bits per heavy atom. The maximum Gasteiger partial charge on any atom is 0.261 e. The van der Waals surface area contributed by atoms with Gasteiger partial charge in [-0.15, -0.1) is 0 Å². The van der Waals surface area contributed by atoms with Crippen molar-refractivity contribution < 1.29 is 9.59 Å². The van der Waals surface area contributed by atoms with Crippen molar-refractivity contribution in [3.05, 3.63) is 33.2 Å². The smallest absolute Gasteiger partial charge is 0.261 e. The van der Waals surface area contributed by atoms with E-state index in [9.17, 15) is 14.4 Å². The lowest BCUT2D eigenvalue weighted by Gasteiger charge is -2.35. The first kappa shape index (κ1) is 19.2. The average molecular weight is 348 g/mol. The third-order valence-corrected chi connectivity index (χ3v) is 4.90. The van der Waals surface area contributed by atoms with Crippen molar-refractivity contribution in [3.63, 3.8) is 0 Å². The van der Waals surface area contributed by atoms with Crippen LogP contribution in [-0.4, -0.2) is 46.9 Å². The van der Waals surface area contributed by atoms with Crippen LogP contribution in [0.3, 0.4) is 0 Å². The summed E-state index contributed by atoms with van der Waals surface area (Å²) in [5, 5.41) is 2.95. The summed E-state index contributed by atoms with van der Waals surface area (Å²) in [6, 6.07) is 1.24. The molecular weight excluding hydrogens is 320 g/mol. The number of hydrogen-bond donors (Lipinski definition) is 3. The molecule has 1 aliphatic rings. The molecule has 7 heteroatoms. The van der Waals surface area contributed by atoms with Crippen molar-refractivity contribution in [2.45, 2.75) is 52.6 Å². The second-order valence-corrected chi connectivity index (χ2v) is 7.05. The molecule has 1 aromatic rings. The zero-order valence-electron chi connectivity index (χ0n) is 15.4. The number of aromatic amines is 1. The lowest BCUT2D eigenvalue weighted by atomic mass is 9.90. The van der Waals surface area contributed by atoms with Crippen molar-refractivity contribution >= 4 is 11.8 Å². The standard InChI is InChI=1S/C18H28N4O3/c1-10-9-11(2)20-16(23)15(10)17(24)21-13(4)14-5-7-22(8-6-14)18(25)12(3)19/h9,12-14H,5-8,19H2,1-4H3,(H,20,23)(H,21,24)/t12-,13?/m0/s1. The number of aryl methyl sites for hydroxylation is 2. The SMILES string of the molecule is Cc1cc(C)c(C(=O)NC(C)C2CCN(C(=O)[C@H](C)N)CC2)c(=O)[nH]1. The second-order valence-electron chi connectivity index (χ2n) is 7.05. The molecule has 25 heavy (non-hydrogen) atoms. The maximum absolute atomic E-state index is 12.5. The molecule has 0 aliphatic carbocycles. The van der Waals surface area contributed by atoms with Crippen LogP contribution in [0.4, 0.5) is 0 Å². The monoisotopic (exact) mass is 348 g/mol. The number of piperidine rings is 1. The lowest BCUT2D eigenvalue weighted by Crippen LogP contribution is -2.49. The van der Waals surface area contributed by atoms with E-state index in [1.807, 2.05) is 6.92 Å². The summed E-state index contributed by atoms with van der Waals surface area (Å²) in [5.41, 5.74) is 6.86. The van der Waals surface area contributed by atoms with Crippen molar-refractivity contribution in [1.29, 1.82) is 0 Å². The minimum Gasteiger partial charge on any atom is -0.349 e. The van der Waals surface area contributed by atoms with Crippen molar-refractivity contribution in [2.24, 2.45) is 11.7 Å². The molecular formula is C18H28N4O3. The van der Waals surface area contributed by atoms with E-state index in [1.54, 1.807) is 31.7 Å². The zero-order chi connectivity index (χ0) is 18.7. The van der Waals surface area contributed by atoms with Gasteiger partial charge < -0.3 is 20.9 Å². The number of hydrogen-bond acceptors (Lipinski definition) is 4. The molecule has 2 atom stereocenters. The van der Waals surface area contributed by atoms with Gasteiger partial charge in [0.15, 0.2) is 0 Å². The lowest BCUT2D eigenvalue weighted by molar-refractivity contribution is -0.133. The normalized spacial score (nSPS) is 17.9. The maximum atomic E-state index is 12.5. The number of likely N-dealkylation sites (tertiary alicyclic amines) is 1. The highest BCUT2D eigenvalue weighted by atomic mass is 16.2. The van der Waals surface area contributed by atoms with Crippen LogP contribution in [0.1, 0.15) is 48.3 Å². The van der Waals surface area contributed by atoms with Crippen LogP contribution in [0.5, 0.6) is 0 Å². The second kappa shape index (κ2) is 7.82. The topological polar surface area (TPSA) is 108 Å². The van der Waals surface area contributed by atoms with Crippen LogP contribution in [0.15, 0.2) is 10.9 Å². The number of carbonyl (C=O) groups is 2. The first-order chi connectivity index (χ1) is 11.7. The van der Waals surface area contributed by atoms with Crippen LogP contribution in [0, 0.1) is 19.8 Å². The minimum atomic E-state index is -0.482. The van der Waals surface area contributed by atoms with Gasteiger partial charge >= 0.3 is 0 Å². The fraction of sp³-hybridized carbons (Fsp3) is 0.611. The molecule has 2 rings (SSSR count). The molecule has 138 valence electrons. The molecule has 2 heterocycles. The van der Waals surface area contributed by atoms with E-state index in [2.05, 4.69) is 10.3 Å². The van der Waals surface area contributed by atoms with E-state index in [0.717, 1.165) is 18.5 Å². The van der Waals surface area contributed by atoms with Gasteiger partial charge in [-0.2, -0.15) is 0 Å². The molecule has 2 amide bonds. The summed E-state index contributed by atoms with van der Waals surface area (Å²) in [4.78, 5) is 41.0. The predicted molar refractivity (Wildman–Crippen MR) is 96.4 cm³/mol. The van der Waals surface area contributed by atoms with Gasteiger partial charge in [-0.3, -0.25) is 14.4 Å². The highest BCUT2D eigenvalue weighted by Crippen LogP contribution is 2.21. The Labute approximate surface area is 148 Å². The quantitative estimate of drug-likeness (QED) is 0.744. The Bertz CT molecular complexity index is 703. The van der Waals surface area contributed by atoms with E-state index in [0.29, 0.717) is 18.7 Å². The minimum absolute atomic E-state index is 0.0306. The molecule has 0 saturated carbocycles. The number of carbonyl (C=O) groups excluding carboxylic acids is 2. The highest BCUT2D eigenvalue weighted by molar-refractivity contribution is 5.95. The number of H-pyrrole nitrogens is 1. The van der Waals surface area contributed by atoms with Crippen molar-refractivity contribution in [3.8, 4) is 0 Å². The van der Waals surface area contributed by atoms with Gasteiger partial charge in [-0.05, 0) is 58.1 Å². The molecule has 0 aromatic carbocycles. The number of nitrogens with one attached hydrogen (secondary N) is 2. The van der Waals surface area contributed by atoms with Gasteiger partial charge in [-0.1, -0.05) is 0 Å². The van der Waals surface area contributed by atoms with Gasteiger partial charge in [0.25, 0.3) is 11.5 Å². The summed E-state index contributed by atoms with van der Waals surface area (Å²) < 4.78 is 0. The van der Waals surface area contributed by atoms with Crippen LogP contribution in [0.2, 0.25) is 0 Å². The number of aromatic nitrogens is 1. The van der Waals surface area contributed by atoms with Gasteiger partial charge in [0.2, 0.25) is 5.91 Å². The molecule has 7 nitrogen and oxygen atoms in total. The molecule has 1 aliphatic heterocycles. The molecule has 0 spiro atoms. The molecule has 1 saturated heterocycles. The van der Waals surface area contributed by atoms with Crippen LogP contribution >= 0.6 is 0 Å². The van der Waals surface area contributed by atoms with E-state index in [4.69, 9.17) is 5.73 Å². The van der Waals surface area contributed by atoms with Gasteiger partial charge in [0, 0.05) is 24.8 Å². The van der Waals surface area contributed by atoms with E-state index >= 15 is 0 Å². The Balaban J connectivity index is 1.97. The number of pyridine rings is 1. The molecule has 0 radical (unpaired) electrons. The summed E-state index contributed by atoms with van der Waals surface area (Å²) >= 11 is 0. The number of nitrogens with two attached hydrogens (primary N) is 1. The third-order valence-electron chi connectivity index (χ3n) is 4.90. The fourth-order valence-corrected chi connectivity index (χ4v) is 3.44. The average Bonchev–Trinajstić information content (AvgIpc) is 2.53. The Morgan fingerprint density at radius 3 is 2.40 bits per heavy atom. The third kappa shape index (κ3) is 4.48. The molecule has 1 unspecified atom stereocenters. The molecule has 1 aromatic heterocycles. The fourth-order valence-electron chi connectivity index (χ4n) is 3.44. The number of nitrogens with zero attached hydrogens (tertiary/aromatic N) is 1. The first-order valence-electron chi connectivity index (χ1n) is 8.76. The Morgan fingerprint density at radius 2 is 1.88 bits per heavy atom. The van der Waals surface area contributed by atoms with Crippen LogP contribution in [-0.2, 0) is 4.79 Å². The van der Waals surface area contributed by atoms with Gasteiger partial charge in [0.1, 0.15) is 5.56 Å². The van der Waals surface area contributed by atoms with Gasteiger partial charge in [0.05, 0.1) is 6.04 Å². The summed E-state index contributed by atoms with van der Waals surface area (Å²) in [6.45, 7) is 8.49. The molecule has 1 fully saturated rings. The largest absolute Gasteiger partial charge is 0.349 e. The summed E-state index contributed by atoms with van der Waals surface area (Å²) in [7, 11) is 0.